The molecule has 6 N–H and O–H groups in total. The van der Waals surface area contributed by atoms with Crippen molar-refractivity contribution in [3.63, 3.8) is 0 Å². The van der Waals surface area contributed by atoms with Gasteiger partial charge in [-0.1, -0.05) is 6.07 Å². The summed E-state index contributed by atoms with van der Waals surface area (Å²) < 4.78 is 32.0. The van der Waals surface area contributed by atoms with Crippen molar-refractivity contribution in [2.45, 2.75) is 17.5 Å². The molecule has 0 radical (unpaired) electrons. The molecule has 1 rings (SSSR count). The minimum atomic E-state index is -4.39. The molecule has 0 heterocycles. The van der Waals surface area contributed by atoms with E-state index in [1.165, 1.54) is 12.1 Å². The number of aliphatic hydroxyl groups excluding tert-OH is 3. The maximum absolute atomic E-state index is 11.4. The molecular formula is C12H20N2O6S. The zero-order valence-electron chi connectivity index (χ0n) is 11.4. The van der Waals surface area contributed by atoms with E-state index in [-0.39, 0.29) is 24.6 Å². The van der Waals surface area contributed by atoms with Gasteiger partial charge in [-0.3, -0.25) is 4.55 Å². The van der Waals surface area contributed by atoms with Gasteiger partial charge >= 0.3 is 0 Å². The van der Waals surface area contributed by atoms with Gasteiger partial charge in [-0.2, -0.15) is 8.42 Å². The normalized spacial score (nSPS) is 13.1. The smallest absolute Gasteiger partial charge is 0.294 e. The molecule has 8 nitrogen and oxygen atoms in total. The fourth-order valence-corrected chi connectivity index (χ4v) is 2.40. The molecule has 0 aliphatic carbocycles. The first kappa shape index (κ1) is 17.8. The fourth-order valence-electron chi connectivity index (χ4n) is 1.65. The molecule has 0 aliphatic rings. The Hall–Kier alpha value is -1.23. The Balaban J connectivity index is 2.91. The van der Waals surface area contributed by atoms with E-state index in [1.54, 1.807) is 6.07 Å². The summed E-state index contributed by atoms with van der Waals surface area (Å²) in [7, 11) is -4.39. The number of hydrogen-bond acceptors (Lipinski definition) is 7. The summed E-state index contributed by atoms with van der Waals surface area (Å²) in [6.07, 6.45) is -0.968. The van der Waals surface area contributed by atoms with Crippen molar-refractivity contribution in [1.29, 1.82) is 0 Å². The van der Waals surface area contributed by atoms with Crippen LogP contribution in [-0.4, -0.2) is 60.7 Å². The van der Waals surface area contributed by atoms with E-state index in [0.717, 1.165) is 0 Å². The monoisotopic (exact) mass is 320 g/mol. The summed E-state index contributed by atoms with van der Waals surface area (Å²) in [4.78, 5) is -0.253. The summed E-state index contributed by atoms with van der Waals surface area (Å²) in [6.45, 7) is 0.0214. The highest BCUT2D eigenvalue weighted by atomic mass is 32.2. The number of aliphatic hydroxyl groups is 3. The first-order chi connectivity index (χ1) is 9.88. The summed E-state index contributed by atoms with van der Waals surface area (Å²) in [5.41, 5.74) is 0.750. The lowest BCUT2D eigenvalue weighted by atomic mass is 10.2. The van der Waals surface area contributed by atoms with E-state index < -0.39 is 22.8 Å². The van der Waals surface area contributed by atoms with E-state index in [4.69, 9.17) is 10.2 Å². The molecule has 1 aromatic carbocycles. The third-order valence-electron chi connectivity index (χ3n) is 2.70. The van der Waals surface area contributed by atoms with Gasteiger partial charge in [-0.05, 0) is 17.7 Å². The molecule has 0 spiro atoms. The van der Waals surface area contributed by atoms with Crippen LogP contribution >= 0.6 is 0 Å². The molecule has 21 heavy (non-hydrogen) atoms. The molecule has 0 bridgehead atoms. The van der Waals surface area contributed by atoms with E-state index >= 15 is 0 Å². The van der Waals surface area contributed by atoms with Gasteiger partial charge in [0.1, 0.15) is 4.90 Å². The maximum atomic E-state index is 11.4. The lowest BCUT2D eigenvalue weighted by molar-refractivity contribution is 0.105. The average Bonchev–Trinajstić information content (AvgIpc) is 2.44. The first-order valence-corrected chi connectivity index (χ1v) is 7.77. The summed E-state index contributed by atoms with van der Waals surface area (Å²) in [5.74, 6) is 0. The molecule has 9 heteroatoms. The molecule has 0 aromatic heterocycles. The van der Waals surface area contributed by atoms with Crippen LogP contribution in [0.15, 0.2) is 23.1 Å². The van der Waals surface area contributed by atoms with Gasteiger partial charge in [0.2, 0.25) is 0 Å². The van der Waals surface area contributed by atoms with Gasteiger partial charge in [0, 0.05) is 25.3 Å². The lowest BCUT2D eigenvalue weighted by Crippen LogP contribution is -2.23. The molecule has 0 saturated heterocycles. The zero-order valence-corrected chi connectivity index (χ0v) is 12.2. The van der Waals surface area contributed by atoms with Crippen LogP contribution in [0.1, 0.15) is 5.56 Å². The van der Waals surface area contributed by atoms with Gasteiger partial charge in [0.15, 0.2) is 0 Å². The van der Waals surface area contributed by atoms with Crippen molar-refractivity contribution in [2.24, 2.45) is 0 Å². The Morgan fingerprint density at radius 1 is 1.24 bits per heavy atom. The van der Waals surface area contributed by atoms with E-state index in [9.17, 15) is 18.1 Å². The van der Waals surface area contributed by atoms with Gasteiger partial charge in [-0.15, -0.1) is 0 Å². The van der Waals surface area contributed by atoms with Crippen LogP contribution in [0.25, 0.3) is 0 Å². The van der Waals surface area contributed by atoms with Crippen LogP contribution in [0.4, 0.5) is 5.69 Å². The third-order valence-corrected chi connectivity index (χ3v) is 3.64. The van der Waals surface area contributed by atoms with Crippen LogP contribution in [0.2, 0.25) is 0 Å². The number of anilines is 1. The summed E-state index contributed by atoms with van der Waals surface area (Å²) in [6, 6.07) is 4.35. The highest BCUT2D eigenvalue weighted by molar-refractivity contribution is 7.85. The third kappa shape index (κ3) is 5.96. The second-order valence-electron chi connectivity index (χ2n) is 4.42. The quantitative estimate of drug-likeness (QED) is 0.246. The Morgan fingerprint density at radius 3 is 2.52 bits per heavy atom. The summed E-state index contributed by atoms with van der Waals surface area (Å²) in [5, 5.41) is 32.2. The minimum Gasteiger partial charge on any atom is -0.395 e. The van der Waals surface area contributed by atoms with Gasteiger partial charge < -0.3 is 26.0 Å². The van der Waals surface area contributed by atoms with Crippen LogP contribution in [-0.2, 0) is 16.7 Å². The molecular weight excluding hydrogens is 300 g/mol. The van der Waals surface area contributed by atoms with Crippen LogP contribution < -0.4 is 10.6 Å². The molecule has 0 aliphatic heterocycles. The second kappa shape index (κ2) is 8.27. The van der Waals surface area contributed by atoms with Crippen LogP contribution in [0.3, 0.4) is 0 Å². The standard InChI is InChI=1S/C12H20N2O6S/c15-4-3-13-6-9-1-2-10(14-7-11(17)8-16)5-12(9)21(18,19)20/h1-2,5,11,13-17H,3-4,6-8H2,(H,18,19,20). The predicted molar refractivity (Wildman–Crippen MR) is 76.6 cm³/mol. The van der Waals surface area contributed by atoms with E-state index in [0.29, 0.717) is 17.8 Å². The Labute approximate surface area is 123 Å². The van der Waals surface area contributed by atoms with Crippen molar-refractivity contribution >= 4 is 15.8 Å². The summed E-state index contributed by atoms with van der Waals surface area (Å²) >= 11 is 0. The molecule has 0 amide bonds. The number of rotatable bonds is 9. The van der Waals surface area contributed by atoms with Crippen LogP contribution in [0.5, 0.6) is 0 Å². The SMILES string of the molecule is O=S(=O)(O)c1cc(NCC(O)CO)ccc1CNCCO. The highest BCUT2D eigenvalue weighted by Gasteiger charge is 2.16. The molecule has 120 valence electrons. The Bertz CT molecular complexity index is 549. The van der Waals surface area contributed by atoms with E-state index in [1.807, 2.05) is 0 Å². The number of nitrogens with one attached hydrogen (secondary N) is 2. The second-order valence-corrected chi connectivity index (χ2v) is 5.81. The van der Waals surface area contributed by atoms with Gasteiger partial charge in [-0.25, -0.2) is 0 Å². The number of hydrogen-bond donors (Lipinski definition) is 6. The van der Waals surface area contributed by atoms with E-state index in [2.05, 4.69) is 10.6 Å². The average molecular weight is 320 g/mol. The van der Waals surface area contributed by atoms with Gasteiger partial charge in [0.25, 0.3) is 10.1 Å². The van der Waals surface area contributed by atoms with Crippen molar-refractivity contribution in [2.75, 3.05) is 31.6 Å². The zero-order chi connectivity index (χ0) is 15.9. The molecule has 1 atom stereocenters. The van der Waals surface area contributed by atoms with Crippen molar-refractivity contribution in [3.8, 4) is 0 Å². The highest BCUT2D eigenvalue weighted by Crippen LogP contribution is 2.20. The largest absolute Gasteiger partial charge is 0.395 e. The predicted octanol–water partition coefficient (Wildman–Crippen LogP) is -1.22. The topological polar surface area (TPSA) is 139 Å². The molecule has 1 unspecified atom stereocenters. The fraction of sp³-hybridized carbons (Fsp3) is 0.500. The molecule has 0 saturated carbocycles. The Morgan fingerprint density at radius 2 is 1.95 bits per heavy atom. The minimum absolute atomic E-state index is 0.0452. The Kier molecular flexibility index (Phi) is 7.02. The van der Waals surface area contributed by atoms with Gasteiger partial charge in [0.05, 0.1) is 19.3 Å². The van der Waals surface area contributed by atoms with Crippen LogP contribution in [0, 0.1) is 0 Å². The lowest BCUT2D eigenvalue weighted by Gasteiger charge is -2.13. The van der Waals surface area contributed by atoms with Crippen molar-refractivity contribution in [1.82, 2.24) is 5.32 Å². The molecule has 1 aromatic rings. The first-order valence-electron chi connectivity index (χ1n) is 6.33. The van der Waals surface area contributed by atoms with Crippen molar-refractivity contribution in [3.05, 3.63) is 23.8 Å². The maximum Gasteiger partial charge on any atom is 0.294 e. The molecule has 0 fully saturated rings. The number of benzene rings is 1. The van der Waals surface area contributed by atoms with Crippen molar-refractivity contribution < 1.29 is 28.3 Å².